The van der Waals surface area contributed by atoms with E-state index in [1.807, 2.05) is 12.1 Å². The van der Waals surface area contributed by atoms with E-state index < -0.39 is 11.9 Å². The molecule has 0 radical (unpaired) electrons. The molecule has 0 aliphatic carbocycles. The Bertz CT molecular complexity index is 1030. The zero-order valence-corrected chi connectivity index (χ0v) is 11.7. The molecule has 0 fully saturated rings. The van der Waals surface area contributed by atoms with Gasteiger partial charge in [-0.25, -0.2) is 4.98 Å². The number of rotatable bonds is 1. The summed E-state index contributed by atoms with van der Waals surface area (Å²) in [5.74, 6) is 0. The van der Waals surface area contributed by atoms with E-state index in [0.29, 0.717) is 10.9 Å². The fraction of sp³-hybridized carbons (Fsp3) is 0.0625. The first-order chi connectivity index (χ1) is 11.0. The Morgan fingerprint density at radius 2 is 1.91 bits per heavy atom. The van der Waals surface area contributed by atoms with Crippen LogP contribution in [-0.2, 0) is 6.18 Å². The van der Waals surface area contributed by atoms with E-state index in [9.17, 15) is 13.2 Å². The van der Waals surface area contributed by atoms with Gasteiger partial charge in [-0.3, -0.25) is 4.40 Å². The highest BCUT2D eigenvalue weighted by atomic mass is 19.4. The van der Waals surface area contributed by atoms with Crippen LogP contribution in [0.3, 0.4) is 0 Å². The highest BCUT2D eigenvalue weighted by Gasteiger charge is 2.37. The Hall–Kier alpha value is -2.96. The van der Waals surface area contributed by atoms with Gasteiger partial charge in [0.2, 0.25) is 0 Å². The molecule has 7 heteroatoms. The number of alkyl halides is 3. The topological polar surface area (TPSA) is 59.1 Å². The van der Waals surface area contributed by atoms with Gasteiger partial charge in [-0.2, -0.15) is 13.2 Å². The summed E-state index contributed by atoms with van der Waals surface area (Å²) in [6.07, 6.45) is -0.398. The SMILES string of the molecule is Nc1cc(-c2c[nH]c3ccccc23)c(C(F)(F)F)n2ccnc12. The van der Waals surface area contributed by atoms with Crippen LogP contribution in [0.1, 0.15) is 5.69 Å². The number of hydrogen-bond donors (Lipinski definition) is 2. The molecule has 4 nitrogen and oxygen atoms in total. The van der Waals surface area contributed by atoms with Gasteiger partial charge in [0.05, 0.1) is 5.69 Å². The lowest BCUT2D eigenvalue weighted by Crippen LogP contribution is -2.14. The summed E-state index contributed by atoms with van der Waals surface area (Å²) in [5, 5.41) is 0.705. The number of pyridine rings is 1. The van der Waals surface area contributed by atoms with Crippen molar-refractivity contribution in [1.82, 2.24) is 14.4 Å². The molecule has 3 N–H and O–H groups in total. The summed E-state index contributed by atoms with van der Waals surface area (Å²) < 4.78 is 42.0. The predicted octanol–water partition coefficient (Wildman–Crippen LogP) is 4.08. The molecular formula is C16H11F3N4. The molecule has 3 aromatic heterocycles. The third kappa shape index (κ3) is 1.97. The Balaban J connectivity index is 2.14. The van der Waals surface area contributed by atoms with Crippen LogP contribution in [0.5, 0.6) is 0 Å². The Morgan fingerprint density at radius 3 is 2.70 bits per heavy atom. The number of imidazole rings is 1. The van der Waals surface area contributed by atoms with E-state index >= 15 is 0 Å². The van der Waals surface area contributed by atoms with Gasteiger partial charge in [-0.05, 0) is 12.1 Å². The Labute approximate surface area is 128 Å². The van der Waals surface area contributed by atoms with Gasteiger partial charge in [0, 0.05) is 40.6 Å². The molecule has 0 unspecified atom stereocenters. The van der Waals surface area contributed by atoms with Crippen LogP contribution in [0.4, 0.5) is 18.9 Å². The number of para-hydroxylation sites is 1. The minimum atomic E-state index is -4.54. The zero-order chi connectivity index (χ0) is 16.2. The summed E-state index contributed by atoms with van der Waals surface area (Å²) >= 11 is 0. The number of H-pyrrole nitrogens is 1. The molecule has 0 aliphatic heterocycles. The van der Waals surface area contributed by atoms with Crippen molar-refractivity contribution in [3.63, 3.8) is 0 Å². The van der Waals surface area contributed by atoms with E-state index in [2.05, 4.69) is 9.97 Å². The Morgan fingerprint density at radius 1 is 1.13 bits per heavy atom. The largest absolute Gasteiger partial charge is 0.432 e. The maximum Gasteiger partial charge on any atom is 0.432 e. The van der Waals surface area contributed by atoms with Crippen LogP contribution in [-0.4, -0.2) is 14.4 Å². The van der Waals surface area contributed by atoms with Crippen molar-refractivity contribution in [3.8, 4) is 11.1 Å². The molecule has 0 saturated heterocycles. The number of aromatic nitrogens is 3. The maximum atomic E-state index is 13.7. The lowest BCUT2D eigenvalue weighted by atomic mass is 10.0. The smallest absolute Gasteiger partial charge is 0.396 e. The van der Waals surface area contributed by atoms with Crippen molar-refractivity contribution in [2.45, 2.75) is 6.18 Å². The third-order valence-corrected chi connectivity index (χ3v) is 3.84. The van der Waals surface area contributed by atoms with Gasteiger partial charge in [0.15, 0.2) is 5.65 Å². The number of aromatic amines is 1. The van der Waals surface area contributed by atoms with E-state index in [1.54, 1.807) is 18.3 Å². The van der Waals surface area contributed by atoms with Crippen molar-refractivity contribution in [2.24, 2.45) is 0 Å². The highest BCUT2D eigenvalue weighted by Crippen LogP contribution is 2.41. The molecule has 4 rings (SSSR count). The van der Waals surface area contributed by atoms with Crippen LogP contribution >= 0.6 is 0 Å². The highest BCUT2D eigenvalue weighted by molar-refractivity contribution is 5.97. The maximum absolute atomic E-state index is 13.7. The van der Waals surface area contributed by atoms with Crippen LogP contribution in [0, 0.1) is 0 Å². The van der Waals surface area contributed by atoms with Gasteiger partial charge in [-0.1, -0.05) is 18.2 Å². The van der Waals surface area contributed by atoms with Crippen molar-refractivity contribution in [1.29, 1.82) is 0 Å². The number of benzene rings is 1. The first kappa shape index (κ1) is 13.7. The second-order valence-corrected chi connectivity index (χ2v) is 5.23. The second-order valence-electron chi connectivity index (χ2n) is 5.23. The second kappa shape index (κ2) is 4.52. The number of halogens is 3. The van der Waals surface area contributed by atoms with Crippen LogP contribution in [0.25, 0.3) is 27.7 Å². The van der Waals surface area contributed by atoms with Crippen molar-refractivity contribution < 1.29 is 13.2 Å². The predicted molar refractivity (Wildman–Crippen MR) is 81.9 cm³/mol. The first-order valence-corrected chi connectivity index (χ1v) is 6.86. The van der Waals surface area contributed by atoms with E-state index in [1.165, 1.54) is 18.5 Å². The standard InChI is InChI=1S/C16H11F3N4/c17-16(18,19)14-10(7-12(20)15-21-5-6-23(14)15)11-8-22-13-4-2-1-3-9(11)13/h1-8,22H,20H2. The van der Waals surface area contributed by atoms with E-state index in [0.717, 1.165) is 9.92 Å². The number of nitrogen functional groups attached to an aromatic ring is 1. The number of hydrogen-bond acceptors (Lipinski definition) is 2. The van der Waals surface area contributed by atoms with Gasteiger partial charge >= 0.3 is 6.18 Å². The number of fused-ring (bicyclic) bond motifs is 2. The monoisotopic (exact) mass is 316 g/mol. The van der Waals surface area contributed by atoms with Crippen LogP contribution < -0.4 is 5.73 Å². The number of anilines is 1. The molecule has 4 aromatic rings. The minimum Gasteiger partial charge on any atom is -0.396 e. The first-order valence-electron chi connectivity index (χ1n) is 6.86. The molecule has 0 atom stereocenters. The van der Waals surface area contributed by atoms with Crippen LogP contribution in [0.15, 0.2) is 48.9 Å². The normalized spacial score (nSPS) is 12.3. The molecule has 0 spiro atoms. The molecule has 0 aliphatic rings. The van der Waals surface area contributed by atoms with E-state index in [4.69, 9.17) is 5.73 Å². The summed E-state index contributed by atoms with van der Waals surface area (Å²) in [6.45, 7) is 0. The van der Waals surface area contributed by atoms with Crippen molar-refractivity contribution in [2.75, 3.05) is 5.73 Å². The number of nitrogens with zero attached hydrogens (tertiary/aromatic N) is 2. The van der Waals surface area contributed by atoms with Gasteiger partial charge in [0.25, 0.3) is 0 Å². The summed E-state index contributed by atoms with van der Waals surface area (Å²) in [6, 6.07) is 8.52. The number of nitrogens with two attached hydrogens (primary N) is 1. The summed E-state index contributed by atoms with van der Waals surface area (Å²) in [4.78, 5) is 6.90. The average Bonchev–Trinajstić information content (AvgIpc) is 3.12. The molecule has 23 heavy (non-hydrogen) atoms. The lowest BCUT2D eigenvalue weighted by molar-refractivity contribution is -0.141. The van der Waals surface area contributed by atoms with E-state index in [-0.39, 0.29) is 16.9 Å². The zero-order valence-electron chi connectivity index (χ0n) is 11.7. The molecule has 0 amide bonds. The van der Waals surface area contributed by atoms with Crippen LogP contribution in [0.2, 0.25) is 0 Å². The molecule has 0 saturated carbocycles. The van der Waals surface area contributed by atoms with Gasteiger partial charge in [0.1, 0.15) is 5.69 Å². The Kier molecular flexibility index (Phi) is 2.69. The third-order valence-electron chi connectivity index (χ3n) is 3.84. The molecular weight excluding hydrogens is 305 g/mol. The summed E-state index contributed by atoms with van der Waals surface area (Å²) in [5.41, 5.74) is 6.65. The number of nitrogens with one attached hydrogen (secondary N) is 1. The average molecular weight is 316 g/mol. The summed E-state index contributed by atoms with van der Waals surface area (Å²) in [7, 11) is 0. The van der Waals surface area contributed by atoms with Crippen molar-refractivity contribution in [3.05, 3.63) is 54.6 Å². The molecule has 1 aromatic carbocycles. The minimum absolute atomic E-state index is 0.0259. The lowest BCUT2D eigenvalue weighted by Gasteiger charge is -2.16. The van der Waals surface area contributed by atoms with Gasteiger partial charge < -0.3 is 10.7 Å². The fourth-order valence-corrected chi connectivity index (χ4v) is 2.90. The van der Waals surface area contributed by atoms with Crippen molar-refractivity contribution >= 4 is 22.2 Å². The van der Waals surface area contributed by atoms with Gasteiger partial charge in [-0.15, -0.1) is 0 Å². The molecule has 116 valence electrons. The quantitative estimate of drug-likeness (QED) is 0.556. The molecule has 0 bridgehead atoms. The fourth-order valence-electron chi connectivity index (χ4n) is 2.90. The molecule has 3 heterocycles.